The average Bonchev–Trinajstić information content (AvgIpc) is 3.15. The molecule has 0 aromatic rings. The average molecular weight is 613 g/mol. The monoisotopic (exact) mass is 612 g/mol. The van der Waals surface area contributed by atoms with Gasteiger partial charge in [-0.25, -0.2) is 0 Å². The number of ether oxygens (including phenoxy) is 1. The van der Waals surface area contributed by atoms with Gasteiger partial charge in [0.25, 0.3) is 0 Å². The lowest BCUT2D eigenvalue weighted by atomic mass is 9.40. The van der Waals surface area contributed by atoms with Gasteiger partial charge in [-0.2, -0.15) is 0 Å². The van der Waals surface area contributed by atoms with Crippen molar-refractivity contribution in [2.45, 2.75) is 128 Å². The minimum absolute atomic E-state index is 0.0291. The fourth-order valence-electron chi connectivity index (χ4n) is 9.08. The quantitative estimate of drug-likeness (QED) is 0.123. The third-order valence-electron chi connectivity index (χ3n) is 11.5. The van der Waals surface area contributed by atoms with Crippen LogP contribution < -0.4 is 0 Å². The van der Waals surface area contributed by atoms with Gasteiger partial charge in [0, 0.05) is 10.3 Å². The van der Waals surface area contributed by atoms with E-state index >= 15 is 0 Å². The van der Waals surface area contributed by atoms with Crippen molar-refractivity contribution in [3.05, 3.63) is 11.6 Å². The number of hydrogen-bond acceptors (Lipinski definition) is 3. The van der Waals surface area contributed by atoms with E-state index in [0.29, 0.717) is 10.8 Å². The molecular weight excluding hydrogens is 563 g/mol. The van der Waals surface area contributed by atoms with Crippen LogP contribution in [0.1, 0.15) is 118 Å². The minimum atomic E-state index is -0.944. The highest BCUT2D eigenvalue weighted by molar-refractivity contribution is 14.1. The standard InChI is InChI=1S/C31H49IO4/c1-20(2)7-6-8-26(32)25-12-11-23-24-10-9-21-19-22(36-28(35)14-13-27(33)34)15-16-30(21,4)31(24,5)18-17-29(23,25)3/h9,20,22-26H,6-8,10-19H2,1-5H3,(H,33,34)/t22-,23-,24-,25+,26+,29-,30-,31-/m0/s1. The predicted octanol–water partition coefficient (Wildman–Crippen LogP) is 8.36. The normalized spacial score (nSPS) is 40.6. The Kier molecular flexibility index (Phi) is 8.59. The molecular formula is C31H49IO4. The van der Waals surface area contributed by atoms with Crippen LogP contribution in [-0.4, -0.2) is 27.1 Å². The van der Waals surface area contributed by atoms with Gasteiger partial charge < -0.3 is 9.84 Å². The van der Waals surface area contributed by atoms with Crippen LogP contribution in [0.15, 0.2) is 11.6 Å². The molecule has 36 heavy (non-hydrogen) atoms. The van der Waals surface area contributed by atoms with E-state index in [0.717, 1.165) is 46.9 Å². The van der Waals surface area contributed by atoms with Gasteiger partial charge in [-0.15, -0.1) is 0 Å². The van der Waals surface area contributed by atoms with E-state index < -0.39 is 5.97 Å². The second-order valence-corrected chi connectivity index (χ2v) is 15.3. The van der Waals surface area contributed by atoms with Crippen molar-refractivity contribution in [2.75, 3.05) is 0 Å². The number of carbonyl (C=O) groups excluding carboxylic acids is 1. The molecule has 204 valence electrons. The van der Waals surface area contributed by atoms with Crippen molar-refractivity contribution in [2.24, 2.45) is 39.9 Å². The molecule has 3 saturated carbocycles. The summed E-state index contributed by atoms with van der Waals surface area (Å²) < 4.78 is 6.54. The van der Waals surface area contributed by atoms with E-state index in [9.17, 15) is 9.59 Å². The molecule has 0 aromatic heterocycles. The summed E-state index contributed by atoms with van der Waals surface area (Å²) in [6.45, 7) is 12.5. The molecule has 0 amide bonds. The fraction of sp³-hybridized carbons (Fsp3) is 0.871. The molecule has 0 aliphatic heterocycles. The Labute approximate surface area is 232 Å². The zero-order chi connectivity index (χ0) is 26.3. The zero-order valence-corrected chi connectivity index (χ0v) is 25.4. The molecule has 0 saturated heterocycles. The Bertz CT molecular complexity index is 867. The second kappa shape index (κ2) is 10.9. The largest absolute Gasteiger partial charge is 0.481 e. The van der Waals surface area contributed by atoms with Crippen molar-refractivity contribution in [3.8, 4) is 0 Å². The highest BCUT2D eigenvalue weighted by atomic mass is 127. The van der Waals surface area contributed by atoms with Gasteiger partial charge in [-0.05, 0) is 91.3 Å². The van der Waals surface area contributed by atoms with E-state index in [1.807, 2.05) is 0 Å². The Morgan fingerprint density at radius 1 is 1.06 bits per heavy atom. The number of hydrogen-bond donors (Lipinski definition) is 1. The van der Waals surface area contributed by atoms with E-state index in [1.165, 1.54) is 56.9 Å². The summed E-state index contributed by atoms with van der Waals surface area (Å²) >= 11 is 2.81. The van der Waals surface area contributed by atoms with Gasteiger partial charge in [-0.1, -0.05) is 81.7 Å². The van der Waals surface area contributed by atoms with E-state index in [1.54, 1.807) is 0 Å². The van der Waals surface area contributed by atoms with Gasteiger partial charge in [0.1, 0.15) is 6.10 Å². The number of halogens is 1. The molecule has 4 aliphatic rings. The lowest BCUT2D eigenvalue weighted by Crippen LogP contribution is -2.57. The van der Waals surface area contributed by atoms with E-state index in [-0.39, 0.29) is 30.3 Å². The number of alkyl halides is 1. The number of esters is 1. The molecule has 0 heterocycles. The molecule has 4 rings (SSSR count). The highest BCUT2D eigenvalue weighted by Crippen LogP contribution is 2.72. The Hall–Kier alpha value is -0.590. The van der Waals surface area contributed by atoms with Crippen molar-refractivity contribution < 1.29 is 19.4 Å². The maximum Gasteiger partial charge on any atom is 0.306 e. The Balaban J connectivity index is 1.45. The molecule has 0 unspecified atom stereocenters. The topological polar surface area (TPSA) is 63.6 Å². The molecule has 3 fully saturated rings. The third kappa shape index (κ3) is 5.17. The molecule has 0 bridgehead atoms. The van der Waals surface area contributed by atoms with Crippen molar-refractivity contribution in [3.63, 3.8) is 0 Å². The summed E-state index contributed by atoms with van der Waals surface area (Å²) in [4.78, 5) is 23.0. The first-order chi connectivity index (χ1) is 16.9. The number of carboxylic acid groups (broad SMARTS) is 1. The minimum Gasteiger partial charge on any atom is -0.481 e. The first-order valence-electron chi connectivity index (χ1n) is 14.7. The fourth-order valence-corrected chi connectivity index (χ4v) is 10.7. The summed E-state index contributed by atoms with van der Waals surface area (Å²) in [6, 6.07) is 0. The van der Waals surface area contributed by atoms with Crippen molar-refractivity contribution in [1.82, 2.24) is 0 Å². The van der Waals surface area contributed by atoms with Gasteiger partial charge in [0.05, 0.1) is 12.8 Å². The number of carbonyl (C=O) groups is 2. The second-order valence-electron chi connectivity index (χ2n) is 13.7. The summed E-state index contributed by atoms with van der Waals surface area (Å²) in [7, 11) is 0. The molecule has 8 atom stereocenters. The molecule has 0 spiro atoms. The van der Waals surface area contributed by atoms with Crippen LogP contribution in [0.25, 0.3) is 0 Å². The van der Waals surface area contributed by atoms with Crippen LogP contribution in [0.5, 0.6) is 0 Å². The van der Waals surface area contributed by atoms with Crippen LogP contribution in [0.2, 0.25) is 0 Å². The van der Waals surface area contributed by atoms with Gasteiger partial charge in [-0.3, -0.25) is 9.59 Å². The van der Waals surface area contributed by atoms with Crippen molar-refractivity contribution in [1.29, 1.82) is 0 Å². The molecule has 0 aromatic carbocycles. The van der Waals surface area contributed by atoms with Crippen LogP contribution in [-0.2, 0) is 14.3 Å². The summed E-state index contributed by atoms with van der Waals surface area (Å²) in [6.07, 6.45) is 15.8. The summed E-state index contributed by atoms with van der Waals surface area (Å²) in [5.74, 6) is 1.94. The molecule has 5 heteroatoms. The van der Waals surface area contributed by atoms with Gasteiger partial charge in [0.2, 0.25) is 0 Å². The number of aliphatic carboxylic acids is 1. The zero-order valence-electron chi connectivity index (χ0n) is 23.3. The molecule has 4 aliphatic carbocycles. The highest BCUT2D eigenvalue weighted by Gasteiger charge is 2.64. The number of allylic oxidation sites excluding steroid dienone is 1. The molecule has 0 radical (unpaired) electrons. The van der Waals surface area contributed by atoms with E-state index in [4.69, 9.17) is 9.84 Å². The Morgan fingerprint density at radius 2 is 1.81 bits per heavy atom. The molecule has 4 nitrogen and oxygen atoms in total. The first-order valence-corrected chi connectivity index (χ1v) is 15.9. The number of rotatable bonds is 9. The first kappa shape index (κ1) is 28.4. The summed E-state index contributed by atoms with van der Waals surface area (Å²) in [5, 5.41) is 8.87. The summed E-state index contributed by atoms with van der Waals surface area (Å²) in [5.41, 5.74) is 2.47. The maximum absolute atomic E-state index is 12.2. The van der Waals surface area contributed by atoms with Crippen molar-refractivity contribution >= 4 is 34.5 Å². The van der Waals surface area contributed by atoms with Crippen LogP contribution in [0, 0.1) is 39.9 Å². The number of carboxylic acids is 1. The van der Waals surface area contributed by atoms with Gasteiger partial charge >= 0.3 is 11.9 Å². The van der Waals surface area contributed by atoms with Crippen LogP contribution >= 0.6 is 22.6 Å². The smallest absolute Gasteiger partial charge is 0.306 e. The van der Waals surface area contributed by atoms with Gasteiger partial charge in [0.15, 0.2) is 0 Å². The number of fused-ring (bicyclic) bond motifs is 5. The van der Waals surface area contributed by atoms with Crippen LogP contribution in [0.3, 0.4) is 0 Å². The van der Waals surface area contributed by atoms with Crippen LogP contribution in [0.4, 0.5) is 0 Å². The molecule has 1 N–H and O–H groups in total. The maximum atomic E-state index is 12.2. The Morgan fingerprint density at radius 3 is 2.50 bits per heavy atom. The lowest BCUT2D eigenvalue weighted by Gasteiger charge is -2.64. The SMILES string of the molecule is CC(C)CCC[C@@H](I)[C@H]1CC[C@H]2[C@@H]3CC=C4C[C@@H](OC(=O)CCC(=O)O)CC[C@]4(C)[C@@]3(C)CC[C@]12C. The van der Waals surface area contributed by atoms with E-state index in [2.05, 4.69) is 63.3 Å². The lowest BCUT2D eigenvalue weighted by molar-refractivity contribution is -0.156. The third-order valence-corrected chi connectivity index (χ3v) is 13.0. The predicted molar refractivity (Wildman–Crippen MR) is 153 cm³/mol.